The Hall–Kier alpha value is -2.81. The monoisotopic (exact) mass is 458 g/mol. The molecule has 5 rings (SSSR count). The predicted molar refractivity (Wildman–Crippen MR) is 119 cm³/mol. The van der Waals surface area contributed by atoms with Gasteiger partial charge >= 0.3 is 0 Å². The SMILES string of the molecule is CCc1cc(C(=O)Nc2cc(F)c(OC3CC4CC4C3)c(F)c2)nc(N2CC(C)(OC)C2)n1. The first-order valence-corrected chi connectivity index (χ1v) is 11.4. The van der Waals surface area contributed by atoms with Gasteiger partial charge in [-0.3, -0.25) is 4.79 Å². The second-order valence-electron chi connectivity index (χ2n) is 9.60. The number of halogens is 2. The first kappa shape index (κ1) is 22.0. The first-order valence-electron chi connectivity index (χ1n) is 11.4. The second kappa shape index (κ2) is 8.20. The summed E-state index contributed by atoms with van der Waals surface area (Å²) in [5.41, 5.74) is 0.568. The van der Waals surface area contributed by atoms with Gasteiger partial charge < -0.3 is 19.7 Å². The fourth-order valence-corrected chi connectivity index (χ4v) is 4.82. The largest absolute Gasteiger partial charge is 0.484 e. The minimum atomic E-state index is -0.831. The minimum Gasteiger partial charge on any atom is -0.484 e. The molecule has 1 aromatic carbocycles. The van der Waals surface area contributed by atoms with Gasteiger partial charge in [-0.05, 0) is 50.5 Å². The lowest BCUT2D eigenvalue weighted by atomic mass is 9.97. The quantitative estimate of drug-likeness (QED) is 0.677. The van der Waals surface area contributed by atoms with Crippen LogP contribution in [0.2, 0.25) is 0 Å². The number of fused-ring (bicyclic) bond motifs is 1. The van der Waals surface area contributed by atoms with Gasteiger partial charge in [-0.1, -0.05) is 6.92 Å². The number of nitrogens with one attached hydrogen (secondary N) is 1. The third kappa shape index (κ3) is 4.38. The number of anilines is 2. The number of rotatable bonds is 7. The molecule has 2 saturated carbocycles. The van der Waals surface area contributed by atoms with Crippen LogP contribution >= 0.6 is 0 Å². The molecule has 2 aromatic rings. The minimum absolute atomic E-state index is 0.00531. The highest BCUT2D eigenvalue weighted by Crippen LogP contribution is 2.52. The zero-order chi connectivity index (χ0) is 23.3. The summed E-state index contributed by atoms with van der Waals surface area (Å²) in [5, 5.41) is 2.55. The molecule has 176 valence electrons. The zero-order valence-corrected chi connectivity index (χ0v) is 19.0. The van der Waals surface area contributed by atoms with Crippen molar-refractivity contribution >= 4 is 17.5 Å². The maximum Gasteiger partial charge on any atom is 0.274 e. The number of amides is 1. The summed E-state index contributed by atoms with van der Waals surface area (Å²) in [5.74, 6) is -0.881. The highest BCUT2D eigenvalue weighted by atomic mass is 19.1. The molecule has 1 N–H and O–H groups in total. The van der Waals surface area contributed by atoms with Gasteiger partial charge in [0.05, 0.1) is 19.2 Å². The predicted octanol–water partition coefficient (Wildman–Crippen LogP) is 3.97. The van der Waals surface area contributed by atoms with E-state index >= 15 is 0 Å². The highest BCUT2D eigenvalue weighted by Gasteiger charge is 2.47. The van der Waals surface area contributed by atoms with Crippen molar-refractivity contribution < 1.29 is 23.0 Å². The molecule has 9 heteroatoms. The van der Waals surface area contributed by atoms with Crippen LogP contribution in [0.15, 0.2) is 18.2 Å². The van der Waals surface area contributed by atoms with E-state index in [2.05, 4.69) is 15.3 Å². The maximum absolute atomic E-state index is 14.6. The number of carbonyl (C=O) groups is 1. The molecule has 1 aromatic heterocycles. The highest BCUT2D eigenvalue weighted by molar-refractivity contribution is 6.03. The van der Waals surface area contributed by atoms with Gasteiger partial charge in [0.1, 0.15) is 11.3 Å². The van der Waals surface area contributed by atoms with Crippen LogP contribution in [-0.2, 0) is 11.2 Å². The van der Waals surface area contributed by atoms with E-state index < -0.39 is 17.5 Å². The molecule has 33 heavy (non-hydrogen) atoms. The average Bonchev–Trinajstić information content (AvgIpc) is 3.39. The van der Waals surface area contributed by atoms with Crippen LogP contribution in [0.25, 0.3) is 0 Å². The van der Waals surface area contributed by atoms with Crippen molar-refractivity contribution in [1.29, 1.82) is 0 Å². The van der Waals surface area contributed by atoms with E-state index in [0.717, 1.165) is 25.0 Å². The number of hydrogen-bond acceptors (Lipinski definition) is 6. The number of nitrogens with zero attached hydrogens (tertiary/aromatic N) is 3. The van der Waals surface area contributed by atoms with Gasteiger partial charge in [-0.25, -0.2) is 18.7 Å². The number of ether oxygens (including phenoxy) is 2. The Bertz CT molecular complexity index is 1060. The smallest absolute Gasteiger partial charge is 0.274 e. The molecule has 1 aliphatic heterocycles. The van der Waals surface area contributed by atoms with Gasteiger partial charge in [0.2, 0.25) is 5.95 Å². The Morgan fingerprint density at radius 1 is 1.15 bits per heavy atom. The molecule has 2 unspecified atom stereocenters. The van der Waals surface area contributed by atoms with Crippen LogP contribution in [0.4, 0.5) is 20.4 Å². The molecule has 0 radical (unpaired) electrons. The van der Waals surface area contributed by atoms with Crippen LogP contribution in [0, 0.1) is 23.5 Å². The number of aryl methyl sites for hydroxylation is 1. The standard InChI is InChI=1S/C24H28F2N4O3/c1-4-15-10-20(29-23(28-15)30-11-24(2,12-30)32-3)22(31)27-16-8-18(25)21(19(26)9-16)33-17-6-13-5-14(13)7-17/h8-10,13-14,17H,4-7,11-12H2,1-3H3,(H,27,31). The van der Waals surface area contributed by atoms with Gasteiger partial charge in [-0.15, -0.1) is 0 Å². The van der Waals surface area contributed by atoms with Gasteiger partial charge in [-0.2, -0.15) is 0 Å². The summed E-state index contributed by atoms with van der Waals surface area (Å²) in [7, 11) is 1.66. The van der Waals surface area contributed by atoms with E-state index in [1.807, 2.05) is 18.7 Å². The molecule has 7 nitrogen and oxygen atoms in total. The van der Waals surface area contributed by atoms with Crippen molar-refractivity contribution in [2.45, 2.75) is 51.2 Å². The molecule has 0 spiro atoms. The van der Waals surface area contributed by atoms with Crippen molar-refractivity contribution in [2.24, 2.45) is 11.8 Å². The fourth-order valence-electron chi connectivity index (χ4n) is 4.82. The maximum atomic E-state index is 14.6. The van der Waals surface area contributed by atoms with E-state index in [-0.39, 0.29) is 28.8 Å². The Balaban J connectivity index is 1.30. The first-order chi connectivity index (χ1) is 15.8. The zero-order valence-electron chi connectivity index (χ0n) is 19.0. The lowest BCUT2D eigenvalue weighted by Crippen LogP contribution is -2.61. The molecular weight excluding hydrogens is 430 g/mol. The van der Waals surface area contributed by atoms with Crippen LogP contribution < -0.4 is 15.0 Å². The van der Waals surface area contributed by atoms with Crippen LogP contribution in [0.1, 0.15) is 49.3 Å². The third-order valence-corrected chi connectivity index (χ3v) is 6.93. The summed E-state index contributed by atoms with van der Waals surface area (Å²) >= 11 is 0. The summed E-state index contributed by atoms with van der Waals surface area (Å²) in [6, 6.07) is 3.74. The molecule has 0 bridgehead atoms. The molecule has 2 heterocycles. The lowest BCUT2D eigenvalue weighted by molar-refractivity contribution is -0.0175. The molecule has 3 fully saturated rings. The van der Waals surface area contributed by atoms with Crippen LogP contribution in [-0.4, -0.2) is 47.8 Å². The molecule has 1 amide bonds. The molecule has 2 aliphatic carbocycles. The molecule has 2 atom stereocenters. The van der Waals surface area contributed by atoms with E-state index in [0.29, 0.717) is 43.0 Å². The lowest BCUT2D eigenvalue weighted by Gasteiger charge is -2.46. The Kier molecular flexibility index (Phi) is 5.47. The fraction of sp³-hybridized carbons (Fsp3) is 0.542. The number of methoxy groups -OCH3 is 1. The van der Waals surface area contributed by atoms with E-state index in [9.17, 15) is 13.6 Å². The normalized spacial score (nSPS) is 24.8. The number of aromatic nitrogens is 2. The van der Waals surface area contributed by atoms with Crippen molar-refractivity contribution in [2.75, 3.05) is 30.4 Å². The number of benzene rings is 1. The molecule has 3 aliphatic rings. The van der Waals surface area contributed by atoms with Crippen LogP contribution in [0.5, 0.6) is 5.75 Å². The third-order valence-electron chi connectivity index (χ3n) is 6.93. The molecular formula is C24H28F2N4O3. The van der Waals surface area contributed by atoms with Crippen molar-refractivity contribution in [1.82, 2.24) is 9.97 Å². The Labute approximate surface area is 191 Å². The Morgan fingerprint density at radius 2 is 1.82 bits per heavy atom. The van der Waals surface area contributed by atoms with Crippen molar-refractivity contribution in [3.05, 3.63) is 41.2 Å². The topological polar surface area (TPSA) is 76.6 Å². The van der Waals surface area contributed by atoms with Gasteiger partial charge in [0.25, 0.3) is 5.91 Å². The van der Waals surface area contributed by atoms with E-state index in [1.54, 1.807) is 13.2 Å². The van der Waals surface area contributed by atoms with Crippen molar-refractivity contribution in [3.8, 4) is 5.75 Å². The van der Waals surface area contributed by atoms with E-state index in [1.165, 1.54) is 6.42 Å². The second-order valence-corrected chi connectivity index (χ2v) is 9.60. The summed E-state index contributed by atoms with van der Waals surface area (Å²) in [4.78, 5) is 23.7. The van der Waals surface area contributed by atoms with Gasteiger partial charge in [0, 0.05) is 30.6 Å². The van der Waals surface area contributed by atoms with Gasteiger partial charge in [0.15, 0.2) is 17.4 Å². The summed E-state index contributed by atoms with van der Waals surface area (Å²) < 4.78 is 40.3. The molecule has 1 saturated heterocycles. The van der Waals surface area contributed by atoms with Crippen LogP contribution in [0.3, 0.4) is 0 Å². The number of hydrogen-bond donors (Lipinski definition) is 1. The van der Waals surface area contributed by atoms with E-state index in [4.69, 9.17) is 9.47 Å². The summed E-state index contributed by atoms with van der Waals surface area (Å²) in [6.07, 6.45) is 3.36. The summed E-state index contributed by atoms with van der Waals surface area (Å²) in [6.45, 7) is 5.14. The number of carbonyl (C=O) groups excluding carboxylic acids is 1. The Morgan fingerprint density at radius 3 is 2.42 bits per heavy atom. The average molecular weight is 459 g/mol. The van der Waals surface area contributed by atoms with Crippen molar-refractivity contribution in [3.63, 3.8) is 0 Å².